The van der Waals surface area contributed by atoms with Crippen molar-refractivity contribution >= 4 is 57.3 Å². The maximum absolute atomic E-state index is 12.5. The fourth-order valence-corrected chi connectivity index (χ4v) is 8.70. The van der Waals surface area contributed by atoms with Gasteiger partial charge in [0.15, 0.2) is 46.8 Å². The van der Waals surface area contributed by atoms with E-state index in [-0.39, 0.29) is 34.0 Å². The van der Waals surface area contributed by atoms with Gasteiger partial charge in [0, 0.05) is 0 Å². The SMILES string of the molecule is Nc1ncnc2c1ncn2[C@@H]1O[C@H](COP(=O)(O)OP(=O)(O)NP(=O)(O)OCC2=C(O)[C@@H](O)[C@H](n3cnc4c(N)ncnc43)O2)[C@@H](O)[C@H]1O. The smallest absolute Gasteiger partial charge is 0.480 e. The molecule has 0 spiro atoms. The molecule has 12 N–H and O–H groups in total. The second kappa shape index (κ2) is 12.9. The van der Waals surface area contributed by atoms with Gasteiger partial charge in [-0.3, -0.25) is 18.2 Å². The number of aromatic nitrogens is 8. The Hall–Kier alpha value is -3.71. The lowest BCUT2D eigenvalue weighted by Crippen LogP contribution is -2.33. The van der Waals surface area contributed by atoms with E-state index in [1.165, 1.54) is 21.8 Å². The average molecular weight is 753 g/mol. The van der Waals surface area contributed by atoms with Crippen molar-refractivity contribution in [2.75, 3.05) is 24.7 Å². The number of fused-ring (bicyclic) bond motifs is 2. The number of phosphoric acid groups is 1. The predicted molar refractivity (Wildman–Crippen MR) is 157 cm³/mol. The van der Waals surface area contributed by atoms with Crippen LogP contribution in [0.5, 0.6) is 0 Å². The summed E-state index contributed by atoms with van der Waals surface area (Å²) in [7, 11) is -16.7. The molecule has 0 amide bonds. The number of hydrogen-bond acceptors (Lipinski definition) is 20. The summed E-state index contributed by atoms with van der Waals surface area (Å²) in [5.74, 6) is -1.40. The number of imidazole rings is 2. The molecule has 1 fully saturated rings. The largest absolute Gasteiger partial charge is 0.506 e. The Balaban J connectivity index is 1.03. The molecular formula is C20H26N11O15P3. The lowest BCUT2D eigenvalue weighted by molar-refractivity contribution is -0.0502. The summed E-state index contributed by atoms with van der Waals surface area (Å²) in [6, 6.07) is 0. The summed E-state index contributed by atoms with van der Waals surface area (Å²) in [5, 5.41) is 41.7. The molecular weight excluding hydrogens is 727 g/mol. The molecule has 0 radical (unpaired) electrons. The second-order valence-electron chi connectivity index (χ2n) is 10.2. The first-order valence-electron chi connectivity index (χ1n) is 13.4. The number of anilines is 2. The molecule has 266 valence electrons. The molecule has 0 aromatic carbocycles. The van der Waals surface area contributed by atoms with E-state index in [4.69, 9.17) is 20.9 Å². The zero-order valence-corrected chi connectivity index (χ0v) is 26.8. The van der Waals surface area contributed by atoms with Crippen LogP contribution >= 0.6 is 23.3 Å². The molecule has 2 aliphatic heterocycles. The van der Waals surface area contributed by atoms with Crippen LogP contribution in [0.15, 0.2) is 36.8 Å². The van der Waals surface area contributed by atoms with Gasteiger partial charge < -0.3 is 56.0 Å². The van der Waals surface area contributed by atoms with E-state index >= 15 is 0 Å². The van der Waals surface area contributed by atoms with Gasteiger partial charge in [-0.1, -0.05) is 0 Å². The Labute approximate surface area is 271 Å². The number of nitrogens with one attached hydrogen (secondary N) is 1. The lowest BCUT2D eigenvalue weighted by atomic mass is 10.1. The Morgan fingerprint density at radius 3 is 1.98 bits per heavy atom. The van der Waals surface area contributed by atoms with E-state index in [1.807, 2.05) is 0 Å². The third-order valence-corrected chi connectivity index (χ3v) is 11.7. The van der Waals surface area contributed by atoms with Crippen molar-refractivity contribution in [3.05, 3.63) is 36.8 Å². The van der Waals surface area contributed by atoms with Crippen LogP contribution in [-0.4, -0.2) is 112 Å². The fourth-order valence-electron chi connectivity index (χ4n) is 4.78. The van der Waals surface area contributed by atoms with Crippen molar-refractivity contribution in [3.63, 3.8) is 0 Å². The van der Waals surface area contributed by atoms with Crippen molar-refractivity contribution in [3.8, 4) is 0 Å². The minimum Gasteiger partial charge on any atom is -0.506 e. The summed E-state index contributed by atoms with van der Waals surface area (Å²) in [6.07, 6.45) is -4.81. The monoisotopic (exact) mass is 753 g/mol. The van der Waals surface area contributed by atoms with Crippen LogP contribution in [0.4, 0.5) is 11.6 Å². The van der Waals surface area contributed by atoms with Gasteiger partial charge in [-0.2, -0.15) is 4.31 Å². The minimum absolute atomic E-state index is 0.0104. The minimum atomic E-state index is -5.71. The maximum atomic E-state index is 12.5. The van der Waals surface area contributed by atoms with E-state index in [1.54, 1.807) is 0 Å². The maximum Gasteiger partial charge on any atom is 0.480 e. The predicted octanol–water partition coefficient (Wildman–Crippen LogP) is -1.95. The van der Waals surface area contributed by atoms with E-state index in [0.29, 0.717) is 0 Å². The molecule has 4 aromatic rings. The number of aliphatic hydroxyl groups excluding tert-OH is 4. The molecule has 3 unspecified atom stereocenters. The van der Waals surface area contributed by atoms with Crippen LogP contribution in [0.25, 0.3) is 22.3 Å². The fraction of sp³-hybridized carbons (Fsp3) is 0.400. The van der Waals surface area contributed by atoms with Crippen LogP contribution in [-0.2, 0) is 36.5 Å². The normalized spacial score (nSPS) is 28.0. The van der Waals surface area contributed by atoms with Crippen molar-refractivity contribution in [1.82, 2.24) is 43.9 Å². The van der Waals surface area contributed by atoms with Gasteiger partial charge in [0.25, 0.3) is 0 Å². The first kappa shape index (κ1) is 35.1. The van der Waals surface area contributed by atoms with E-state index in [0.717, 1.165) is 17.5 Å². The van der Waals surface area contributed by atoms with E-state index < -0.39 is 84.9 Å². The lowest BCUT2D eigenvalue weighted by Gasteiger charge is -2.21. The highest BCUT2D eigenvalue weighted by molar-refractivity contribution is 7.71. The number of ether oxygens (including phenoxy) is 2. The third-order valence-electron chi connectivity index (χ3n) is 7.00. The van der Waals surface area contributed by atoms with Crippen molar-refractivity contribution in [1.29, 1.82) is 0 Å². The van der Waals surface area contributed by atoms with Gasteiger partial charge in [0.1, 0.15) is 54.9 Å². The Kier molecular flexibility index (Phi) is 9.23. The number of aliphatic hydroxyl groups is 4. The molecule has 6 heterocycles. The Morgan fingerprint density at radius 1 is 0.816 bits per heavy atom. The van der Waals surface area contributed by atoms with Crippen molar-refractivity contribution in [2.24, 2.45) is 0 Å². The molecule has 1 saturated heterocycles. The van der Waals surface area contributed by atoms with Gasteiger partial charge in [-0.05, 0) is 0 Å². The molecule has 4 aromatic heterocycles. The van der Waals surface area contributed by atoms with Crippen LogP contribution in [0, 0.1) is 0 Å². The molecule has 2 aliphatic rings. The number of rotatable bonds is 12. The first-order chi connectivity index (χ1) is 23.0. The first-order valence-corrected chi connectivity index (χ1v) is 18.0. The van der Waals surface area contributed by atoms with E-state index in [2.05, 4.69) is 43.3 Å². The highest BCUT2D eigenvalue weighted by Gasteiger charge is 2.47. The number of phosphoric ester groups is 1. The van der Waals surface area contributed by atoms with Crippen LogP contribution in [0.2, 0.25) is 0 Å². The molecule has 0 saturated carbocycles. The zero-order valence-electron chi connectivity index (χ0n) is 24.2. The molecule has 29 heteroatoms. The quantitative estimate of drug-likeness (QED) is 0.0703. The molecule has 0 aliphatic carbocycles. The third kappa shape index (κ3) is 7.01. The summed E-state index contributed by atoms with van der Waals surface area (Å²) >= 11 is 0. The zero-order chi connectivity index (χ0) is 35.5. The summed E-state index contributed by atoms with van der Waals surface area (Å²) in [4.78, 5) is 54.8. The van der Waals surface area contributed by atoms with Gasteiger partial charge in [-0.15, -0.1) is 4.86 Å². The molecule has 0 bridgehead atoms. The van der Waals surface area contributed by atoms with Gasteiger partial charge in [0.05, 0.1) is 12.9 Å². The number of nitrogens with zero attached hydrogens (tertiary/aromatic N) is 8. The highest BCUT2D eigenvalue weighted by Crippen LogP contribution is 2.62. The summed E-state index contributed by atoms with van der Waals surface area (Å²) < 4.78 is 64.2. The Bertz CT molecular complexity index is 2080. The van der Waals surface area contributed by atoms with Crippen molar-refractivity contribution < 1.29 is 71.6 Å². The number of nitrogen functional groups attached to an aromatic ring is 2. The van der Waals surface area contributed by atoms with Gasteiger partial charge >= 0.3 is 23.3 Å². The highest BCUT2D eigenvalue weighted by atomic mass is 31.3. The van der Waals surface area contributed by atoms with Crippen LogP contribution < -0.4 is 16.3 Å². The second-order valence-corrected chi connectivity index (χ2v) is 15.2. The van der Waals surface area contributed by atoms with Crippen molar-refractivity contribution in [2.45, 2.75) is 36.9 Å². The van der Waals surface area contributed by atoms with E-state index in [9.17, 15) is 48.8 Å². The standard InChI is InChI=1S/C20H26N11O15P3/c21-15-9-17(25-3-23-15)30(5-27-9)19-13(34)11(32)7(44-19)1-42-47(36,37)29-48(38,39)46-49(40,41)43-2-8-12(33)14(35)20(45-8)31-6-28-10-16(22)24-4-26-18(10)31/h3-6,8,12-14,19-20,32-35H,1-2H2,(H,40,41)(H2,21,23,25)(H2,22,24,26)(H3,29,36,37,38,39)/t8-,12-,13-,14-,19-,20-/m1/s1. The number of nitrogens with two attached hydrogens (primary N) is 2. The molecule has 9 atom stereocenters. The summed E-state index contributed by atoms with van der Waals surface area (Å²) in [6.45, 7) is -2.08. The molecule has 6 rings (SSSR count). The molecule has 49 heavy (non-hydrogen) atoms. The Morgan fingerprint density at radius 2 is 1.39 bits per heavy atom. The average Bonchev–Trinajstić information content (AvgIpc) is 3.77. The van der Waals surface area contributed by atoms with Gasteiger partial charge in [-0.25, -0.2) is 43.6 Å². The number of hydrogen-bond donors (Lipinski definition) is 10. The van der Waals surface area contributed by atoms with Crippen LogP contribution in [0.3, 0.4) is 0 Å². The van der Waals surface area contributed by atoms with Gasteiger partial charge in [0.2, 0.25) is 6.23 Å². The molecule has 26 nitrogen and oxygen atoms in total. The topological polar surface area (TPSA) is 390 Å². The van der Waals surface area contributed by atoms with Crippen LogP contribution in [0.1, 0.15) is 12.5 Å². The summed E-state index contributed by atoms with van der Waals surface area (Å²) in [5.41, 5.74) is 12.0.